The topological polar surface area (TPSA) is 51.8 Å². The van der Waals surface area contributed by atoms with Crippen molar-refractivity contribution in [1.29, 1.82) is 0 Å². The summed E-state index contributed by atoms with van der Waals surface area (Å²) in [5, 5.41) is 7.61. The molecule has 0 amide bonds. The third-order valence-corrected chi connectivity index (χ3v) is 2.95. The van der Waals surface area contributed by atoms with E-state index in [1.54, 1.807) is 12.4 Å². The van der Waals surface area contributed by atoms with Gasteiger partial charge in [-0.2, -0.15) is 10.2 Å². The van der Waals surface area contributed by atoms with Crippen LogP contribution in [0.1, 0.15) is 28.3 Å². The lowest BCUT2D eigenvalue weighted by molar-refractivity contribution is 0.836. The molecule has 0 aliphatic carbocycles. The van der Waals surface area contributed by atoms with Crippen molar-refractivity contribution < 1.29 is 0 Å². The van der Waals surface area contributed by atoms with Crippen molar-refractivity contribution >= 4 is 0 Å². The summed E-state index contributed by atoms with van der Waals surface area (Å²) in [7, 11) is 0. The van der Waals surface area contributed by atoms with Crippen LogP contribution in [0.2, 0.25) is 0 Å². The van der Waals surface area contributed by atoms with E-state index in [9.17, 15) is 0 Å². The first-order valence-electron chi connectivity index (χ1n) is 5.28. The number of rotatable bonds is 2. The first-order valence-corrected chi connectivity index (χ1v) is 5.28. The minimum absolute atomic E-state index is 0.129. The molecule has 2 aromatic rings. The van der Waals surface area contributed by atoms with Gasteiger partial charge < -0.3 is 5.73 Å². The van der Waals surface area contributed by atoms with E-state index in [2.05, 4.69) is 36.2 Å². The van der Waals surface area contributed by atoms with E-state index < -0.39 is 0 Å². The number of hydrogen-bond donors (Lipinski definition) is 1. The highest BCUT2D eigenvalue weighted by Crippen LogP contribution is 2.23. The van der Waals surface area contributed by atoms with Crippen molar-refractivity contribution in [1.82, 2.24) is 10.2 Å². The monoisotopic (exact) mass is 213 g/mol. The molecule has 0 spiro atoms. The summed E-state index contributed by atoms with van der Waals surface area (Å²) in [6.45, 7) is 4.19. The summed E-state index contributed by atoms with van der Waals surface area (Å²) in [6, 6.07) is 7.96. The second kappa shape index (κ2) is 4.41. The molecular formula is C13H15N3. The molecule has 1 heterocycles. The Hall–Kier alpha value is -1.74. The minimum Gasteiger partial charge on any atom is -0.320 e. The number of hydrogen-bond acceptors (Lipinski definition) is 3. The molecule has 1 unspecified atom stereocenters. The smallest absolute Gasteiger partial charge is 0.0570 e. The number of aryl methyl sites for hydroxylation is 1. The molecule has 0 radical (unpaired) electrons. The average molecular weight is 213 g/mol. The second-order valence-electron chi connectivity index (χ2n) is 3.94. The van der Waals surface area contributed by atoms with Gasteiger partial charge in [-0.05, 0) is 42.2 Å². The minimum atomic E-state index is -0.129. The van der Waals surface area contributed by atoms with Crippen LogP contribution < -0.4 is 5.73 Å². The van der Waals surface area contributed by atoms with Gasteiger partial charge in [0.1, 0.15) is 0 Å². The SMILES string of the molecule is Cc1cccc(C(N)c2ccnnc2)c1C. The summed E-state index contributed by atoms with van der Waals surface area (Å²) in [6.07, 6.45) is 3.38. The van der Waals surface area contributed by atoms with Crippen LogP contribution in [0.25, 0.3) is 0 Å². The number of aromatic nitrogens is 2. The van der Waals surface area contributed by atoms with Crippen LogP contribution in [0.4, 0.5) is 0 Å². The first-order chi connectivity index (χ1) is 7.70. The summed E-state index contributed by atoms with van der Waals surface area (Å²) in [4.78, 5) is 0. The van der Waals surface area contributed by atoms with E-state index in [1.807, 2.05) is 12.1 Å². The van der Waals surface area contributed by atoms with E-state index in [1.165, 1.54) is 11.1 Å². The molecule has 1 aromatic carbocycles. The van der Waals surface area contributed by atoms with Gasteiger partial charge in [-0.1, -0.05) is 18.2 Å². The summed E-state index contributed by atoms with van der Waals surface area (Å²) in [5.41, 5.74) is 10.9. The normalized spacial score (nSPS) is 12.4. The van der Waals surface area contributed by atoms with E-state index in [0.717, 1.165) is 11.1 Å². The zero-order valence-electron chi connectivity index (χ0n) is 9.51. The molecule has 2 rings (SSSR count). The van der Waals surface area contributed by atoms with Gasteiger partial charge in [0.2, 0.25) is 0 Å². The van der Waals surface area contributed by atoms with Gasteiger partial charge in [0.05, 0.1) is 12.2 Å². The molecule has 3 heteroatoms. The van der Waals surface area contributed by atoms with Gasteiger partial charge in [-0.15, -0.1) is 0 Å². The number of nitrogens with two attached hydrogens (primary N) is 1. The maximum atomic E-state index is 6.22. The second-order valence-corrected chi connectivity index (χ2v) is 3.94. The Morgan fingerprint density at radius 1 is 1.12 bits per heavy atom. The molecule has 0 bridgehead atoms. The van der Waals surface area contributed by atoms with Gasteiger partial charge in [0, 0.05) is 6.20 Å². The molecule has 1 atom stereocenters. The number of nitrogens with zero attached hydrogens (tertiary/aromatic N) is 2. The fourth-order valence-corrected chi connectivity index (χ4v) is 1.78. The largest absolute Gasteiger partial charge is 0.320 e. The van der Waals surface area contributed by atoms with Crippen LogP contribution in [0.5, 0.6) is 0 Å². The van der Waals surface area contributed by atoms with Crippen LogP contribution >= 0.6 is 0 Å². The lowest BCUT2D eigenvalue weighted by Gasteiger charge is -2.15. The Bertz CT molecular complexity index is 480. The highest BCUT2D eigenvalue weighted by Gasteiger charge is 2.12. The van der Waals surface area contributed by atoms with Crippen molar-refractivity contribution in [2.75, 3.05) is 0 Å². The Labute approximate surface area is 95.3 Å². The zero-order chi connectivity index (χ0) is 11.5. The van der Waals surface area contributed by atoms with Gasteiger partial charge in [0.15, 0.2) is 0 Å². The van der Waals surface area contributed by atoms with E-state index in [4.69, 9.17) is 5.73 Å². The van der Waals surface area contributed by atoms with Crippen molar-refractivity contribution in [3.05, 3.63) is 58.9 Å². The molecule has 0 fully saturated rings. The summed E-state index contributed by atoms with van der Waals surface area (Å²) < 4.78 is 0. The van der Waals surface area contributed by atoms with E-state index >= 15 is 0 Å². The van der Waals surface area contributed by atoms with Gasteiger partial charge in [-0.3, -0.25) is 0 Å². The Kier molecular flexibility index (Phi) is 2.97. The van der Waals surface area contributed by atoms with Crippen molar-refractivity contribution in [2.45, 2.75) is 19.9 Å². The highest BCUT2D eigenvalue weighted by molar-refractivity contribution is 5.39. The maximum Gasteiger partial charge on any atom is 0.0570 e. The summed E-state index contributed by atoms with van der Waals surface area (Å²) in [5.74, 6) is 0. The van der Waals surface area contributed by atoms with Crippen LogP contribution in [0.3, 0.4) is 0 Å². The highest BCUT2D eigenvalue weighted by atomic mass is 15.1. The third-order valence-electron chi connectivity index (χ3n) is 2.95. The first kappa shape index (κ1) is 10.8. The summed E-state index contributed by atoms with van der Waals surface area (Å²) >= 11 is 0. The molecule has 0 aliphatic heterocycles. The van der Waals surface area contributed by atoms with Gasteiger partial charge >= 0.3 is 0 Å². The molecule has 1 aromatic heterocycles. The van der Waals surface area contributed by atoms with E-state index in [0.29, 0.717) is 0 Å². The van der Waals surface area contributed by atoms with Crippen LogP contribution in [0, 0.1) is 13.8 Å². The number of benzene rings is 1. The Morgan fingerprint density at radius 3 is 2.62 bits per heavy atom. The molecule has 0 aliphatic rings. The molecule has 0 saturated heterocycles. The zero-order valence-corrected chi connectivity index (χ0v) is 9.51. The standard InChI is InChI=1S/C13H15N3/c1-9-4-3-5-12(10(9)2)13(14)11-6-7-15-16-8-11/h3-8,13H,14H2,1-2H3. The van der Waals surface area contributed by atoms with Gasteiger partial charge in [0.25, 0.3) is 0 Å². The van der Waals surface area contributed by atoms with Crippen molar-refractivity contribution in [3.8, 4) is 0 Å². The van der Waals surface area contributed by atoms with Crippen LogP contribution in [-0.4, -0.2) is 10.2 Å². The fraction of sp³-hybridized carbons (Fsp3) is 0.231. The molecule has 0 saturated carbocycles. The average Bonchev–Trinajstić information content (AvgIpc) is 2.33. The Morgan fingerprint density at radius 2 is 1.94 bits per heavy atom. The molecule has 82 valence electrons. The molecule has 16 heavy (non-hydrogen) atoms. The van der Waals surface area contributed by atoms with Crippen LogP contribution in [-0.2, 0) is 0 Å². The maximum absolute atomic E-state index is 6.22. The van der Waals surface area contributed by atoms with E-state index in [-0.39, 0.29) is 6.04 Å². The predicted molar refractivity (Wildman–Crippen MR) is 64.0 cm³/mol. The van der Waals surface area contributed by atoms with Crippen molar-refractivity contribution in [3.63, 3.8) is 0 Å². The molecule has 2 N–H and O–H groups in total. The van der Waals surface area contributed by atoms with Crippen LogP contribution in [0.15, 0.2) is 36.7 Å². The lowest BCUT2D eigenvalue weighted by atomic mass is 9.94. The molecule has 3 nitrogen and oxygen atoms in total. The van der Waals surface area contributed by atoms with Crippen molar-refractivity contribution in [2.24, 2.45) is 5.73 Å². The Balaban J connectivity index is 2.42. The third kappa shape index (κ3) is 1.95. The van der Waals surface area contributed by atoms with Gasteiger partial charge in [-0.25, -0.2) is 0 Å². The molecular weight excluding hydrogens is 198 g/mol. The fourth-order valence-electron chi connectivity index (χ4n) is 1.78. The quantitative estimate of drug-likeness (QED) is 0.831. The predicted octanol–water partition coefficient (Wildman–Crippen LogP) is 2.14. The lowest BCUT2D eigenvalue weighted by Crippen LogP contribution is -2.14.